The van der Waals surface area contributed by atoms with E-state index in [0.29, 0.717) is 0 Å². The van der Waals surface area contributed by atoms with Gasteiger partial charge in [0.15, 0.2) is 0 Å². The molecule has 0 aliphatic rings. The van der Waals surface area contributed by atoms with Crippen molar-refractivity contribution in [2.75, 3.05) is 0 Å². The van der Waals surface area contributed by atoms with Crippen LogP contribution < -0.4 is 5.73 Å². The Labute approximate surface area is 102 Å². The first-order chi connectivity index (χ1) is 8.04. The van der Waals surface area contributed by atoms with Crippen LogP contribution >= 0.6 is 0 Å². The van der Waals surface area contributed by atoms with Crippen molar-refractivity contribution in [3.05, 3.63) is 53.3 Å². The van der Waals surface area contributed by atoms with Crippen molar-refractivity contribution in [2.45, 2.75) is 32.9 Å². The topological polar surface area (TPSA) is 43.8 Å². The summed E-state index contributed by atoms with van der Waals surface area (Å²) in [6, 6.07) is 8.31. The van der Waals surface area contributed by atoms with Crippen LogP contribution in [0.4, 0.5) is 0 Å². The number of nitrogens with zero attached hydrogens (tertiary/aromatic N) is 2. The Balaban J connectivity index is 2.41. The molecule has 1 unspecified atom stereocenters. The molecule has 0 aliphatic carbocycles. The Morgan fingerprint density at radius 2 is 2.12 bits per heavy atom. The van der Waals surface area contributed by atoms with Gasteiger partial charge in [-0.25, -0.2) is 0 Å². The average Bonchev–Trinajstić information content (AvgIpc) is 2.78. The number of aryl methyl sites for hydroxylation is 2. The number of hydrogen-bond donors (Lipinski definition) is 1. The molecule has 1 atom stereocenters. The molecule has 2 aromatic rings. The number of rotatable bonds is 3. The van der Waals surface area contributed by atoms with Gasteiger partial charge in [0.05, 0.1) is 11.7 Å². The van der Waals surface area contributed by atoms with Crippen LogP contribution in [0.2, 0.25) is 0 Å². The lowest BCUT2D eigenvalue weighted by atomic mass is 9.87. The minimum Gasteiger partial charge on any atom is -0.318 e. The molecule has 0 saturated heterocycles. The van der Waals surface area contributed by atoms with Crippen LogP contribution in [0.1, 0.15) is 30.5 Å². The molecule has 0 amide bonds. The van der Waals surface area contributed by atoms with Crippen LogP contribution in [0, 0.1) is 6.92 Å². The van der Waals surface area contributed by atoms with Crippen molar-refractivity contribution in [1.82, 2.24) is 9.78 Å². The molecule has 1 aromatic heterocycles. The van der Waals surface area contributed by atoms with Gasteiger partial charge in [0.25, 0.3) is 0 Å². The summed E-state index contributed by atoms with van der Waals surface area (Å²) in [4.78, 5) is 0. The zero-order chi connectivity index (χ0) is 12.5. The Morgan fingerprint density at radius 1 is 1.35 bits per heavy atom. The SMILES string of the molecule is CCn1cc(C(C)(N)c2cccc(C)c2)cn1. The van der Waals surface area contributed by atoms with E-state index in [9.17, 15) is 0 Å². The number of nitrogens with two attached hydrogens (primary N) is 1. The fraction of sp³-hybridized carbons (Fsp3) is 0.357. The number of aromatic nitrogens is 2. The van der Waals surface area contributed by atoms with E-state index in [-0.39, 0.29) is 0 Å². The second kappa shape index (κ2) is 4.34. The summed E-state index contributed by atoms with van der Waals surface area (Å²) in [6.45, 7) is 7.04. The Kier molecular flexibility index (Phi) is 3.03. The van der Waals surface area contributed by atoms with Gasteiger partial charge < -0.3 is 5.73 Å². The Bertz CT molecular complexity index is 512. The van der Waals surface area contributed by atoms with Crippen LogP contribution in [0.25, 0.3) is 0 Å². The molecule has 2 N–H and O–H groups in total. The quantitative estimate of drug-likeness (QED) is 0.878. The van der Waals surface area contributed by atoms with E-state index in [2.05, 4.69) is 37.1 Å². The molecule has 0 fully saturated rings. The van der Waals surface area contributed by atoms with E-state index >= 15 is 0 Å². The lowest BCUT2D eigenvalue weighted by molar-refractivity contribution is 0.598. The van der Waals surface area contributed by atoms with Gasteiger partial charge in [0.1, 0.15) is 0 Å². The molecule has 1 heterocycles. The highest BCUT2D eigenvalue weighted by atomic mass is 15.3. The highest BCUT2D eigenvalue weighted by Gasteiger charge is 2.25. The highest BCUT2D eigenvalue weighted by Crippen LogP contribution is 2.26. The molecule has 90 valence electrons. The van der Waals surface area contributed by atoms with Gasteiger partial charge in [0, 0.05) is 18.3 Å². The van der Waals surface area contributed by atoms with Crippen molar-refractivity contribution in [3.63, 3.8) is 0 Å². The minimum absolute atomic E-state index is 0.487. The predicted molar refractivity (Wildman–Crippen MR) is 69.7 cm³/mol. The minimum atomic E-state index is -0.487. The maximum Gasteiger partial charge on any atom is 0.0668 e. The molecule has 0 radical (unpaired) electrons. The summed E-state index contributed by atoms with van der Waals surface area (Å²) < 4.78 is 1.90. The van der Waals surface area contributed by atoms with Crippen LogP contribution in [-0.4, -0.2) is 9.78 Å². The lowest BCUT2D eigenvalue weighted by Crippen LogP contribution is -2.34. The van der Waals surface area contributed by atoms with E-state index in [1.54, 1.807) is 0 Å². The van der Waals surface area contributed by atoms with Gasteiger partial charge in [0.2, 0.25) is 0 Å². The zero-order valence-corrected chi connectivity index (χ0v) is 10.6. The first-order valence-electron chi connectivity index (χ1n) is 5.93. The maximum absolute atomic E-state index is 6.44. The van der Waals surface area contributed by atoms with Crippen molar-refractivity contribution in [2.24, 2.45) is 5.73 Å². The van der Waals surface area contributed by atoms with E-state index in [0.717, 1.165) is 17.7 Å². The second-order valence-corrected chi connectivity index (χ2v) is 4.66. The van der Waals surface area contributed by atoms with Crippen LogP contribution in [0.15, 0.2) is 36.7 Å². The Morgan fingerprint density at radius 3 is 2.71 bits per heavy atom. The number of benzene rings is 1. The van der Waals surface area contributed by atoms with Gasteiger partial charge in [-0.3, -0.25) is 4.68 Å². The molecular formula is C14H19N3. The van der Waals surface area contributed by atoms with E-state index in [1.807, 2.05) is 30.1 Å². The normalized spacial score (nSPS) is 14.6. The average molecular weight is 229 g/mol. The monoisotopic (exact) mass is 229 g/mol. The largest absolute Gasteiger partial charge is 0.318 e. The van der Waals surface area contributed by atoms with Gasteiger partial charge in [-0.05, 0) is 26.3 Å². The standard InChI is InChI=1S/C14H19N3/c1-4-17-10-13(9-16-17)14(3,15)12-7-5-6-11(2)8-12/h5-10H,4,15H2,1-3H3. The smallest absolute Gasteiger partial charge is 0.0668 e. The van der Waals surface area contributed by atoms with Gasteiger partial charge in [-0.15, -0.1) is 0 Å². The zero-order valence-electron chi connectivity index (χ0n) is 10.6. The molecule has 3 heteroatoms. The van der Waals surface area contributed by atoms with Crippen LogP contribution in [-0.2, 0) is 12.1 Å². The van der Waals surface area contributed by atoms with Crippen molar-refractivity contribution in [3.8, 4) is 0 Å². The first-order valence-corrected chi connectivity index (χ1v) is 5.93. The molecule has 17 heavy (non-hydrogen) atoms. The summed E-state index contributed by atoms with van der Waals surface area (Å²) in [5.74, 6) is 0. The van der Waals surface area contributed by atoms with Crippen molar-refractivity contribution >= 4 is 0 Å². The van der Waals surface area contributed by atoms with E-state index in [1.165, 1.54) is 5.56 Å². The summed E-state index contributed by atoms with van der Waals surface area (Å²) in [7, 11) is 0. The highest BCUT2D eigenvalue weighted by molar-refractivity contribution is 5.36. The van der Waals surface area contributed by atoms with Gasteiger partial charge in [-0.1, -0.05) is 29.8 Å². The molecule has 0 bridgehead atoms. The van der Waals surface area contributed by atoms with E-state index < -0.39 is 5.54 Å². The summed E-state index contributed by atoms with van der Waals surface area (Å²) in [5.41, 5.74) is 9.35. The molecule has 0 spiro atoms. The molecule has 1 aromatic carbocycles. The van der Waals surface area contributed by atoms with E-state index in [4.69, 9.17) is 5.73 Å². The Hall–Kier alpha value is -1.61. The van der Waals surface area contributed by atoms with Crippen molar-refractivity contribution < 1.29 is 0 Å². The van der Waals surface area contributed by atoms with Gasteiger partial charge in [-0.2, -0.15) is 5.10 Å². The molecule has 0 aliphatic heterocycles. The third-order valence-electron chi connectivity index (χ3n) is 3.17. The third-order valence-corrected chi connectivity index (χ3v) is 3.17. The maximum atomic E-state index is 6.44. The fourth-order valence-electron chi connectivity index (χ4n) is 1.94. The molecule has 0 saturated carbocycles. The van der Waals surface area contributed by atoms with Crippen LogP contribution in [0.3, 0.4) is 0 Å². The fourth-order valence-corrected chi connectivity index (χ4v) is 1.94. The predicted octanol–water partition coefficient (Wildman–Crippen LogP) is 2.43. The first kappa shape index (κ1) is 11.9. The van der Waals surface area contributed by atoms with Crippen LogP contribution in [0.5, 0.6) is 0 Å². The number of hydrogen-bond acceptors (Lipinski definition) is 2. The molecular weight excluding hydrogens is 210 g/mol. The van der Waals surface area contributed by atoms with Gasteiger partial charge >= 0.3 is 0 Å². The summed E-state index contributed by atoms with van der Waals surface area (Å²) in [6.07, 6.45) is 3.87. The molecule has 2 rings (SSSR count). The summed E-state index contributed by atoms with van der Waals surface area (Å²) in [5, 5.41) is 4.29. The molecule has 3 nitrogen and oxygen atoms in total. The third kappa shape index (κ3) is 2.24. The summed E-state index contributed by atoms with van der Waals surface area (Å²) >= 11 is 0. The van der Waals surface area contributed by atoms with Crippen molar-refractivity contribution in [1.29, 1.82) is 0 Å². The lowest BCUT2D eigenvalue weighted by Gasteiger charge is -2.24. The second-order valence-electron chi connectivity index (χ2n) is 4.66.